The zero-order valence-corrected chi connectivity index (χ0v) is 10.8. The largest absolute Gasteiger partial charge is 0.463 e. The number of nitrogens with one attached hydrogen (secondary N) is 1. The molecule has 0 aliphatic rings. The lowest BCUT2D eigenvalue weighted by molar-refractivity contribution is -0.267. The number of aryl methyl sites for hydroxylation is 1. The Kier molecular flexibility index (Phi) is 4.18. The molecule has 0 fully saturated rings. The first-order valence-corrected chi connectivity index (χ1v) is 5.47. The van der Waals surface area contributed by atoms with Gasteiger partial charge in [-0.1, -0.05) is 0 Å². The molecule has 0 atom stereocenters. The number of hydrogen-bond acceptors (Lipinski definition) is 1. The van der Waals surface area contributed by atoms with Crippen LogP contribution in [0.2, 0.25) is 0 Å². The molecule has 1 rings (SSSR count). The van der Waals surface area contributed by atoms with Gasteiger partial charge in [-0.25, -0.2) is 4.39 Å². The summed E-state index contributed by atoms with van der Waals surface area (Å²) in [5, 5.41) is 1.36. The molecule has 9 heteroatoms. The van der Waals surface area contributed by atoms with E-state index in [0.29, 0.717) is 6.07 Å². The summed E-state index contributed by atoms with van der Waals surface area (Å²) >= 11 is 2.80. The van der Waals surface area contributed by atoms with Crippen LogP contribution in [0.25, 0.3) is 0 Å². The number of alkyl halides is 5. The molecule has 106 valence electrons. The quantitative estimate of drug-likeness (QED) is 0.802. The Morgan fingerprint density at radius 2 is 1.74 bits per heavy atom. The fourth-order valence-corrected chi connectivity index (χ4v) is 1.57. The summed E-state index contributed by atoms with van der Waals surface area (Å²) in [5.41, 5.74) is -0.339. The standard InChI is InChI=1S/C10H6BrF6NO/c1-4-2-5(11)6(12)3-7(4)18-8(19)9(13,14)10(15,16)17/h2-3H,1H3,(H,18,19). The highest BCUT2D eigenvalue weighted by atomic mass is 79.9. The fraction of sp³-hybridized carbons (Fsp3) is 0.300. The minimum atomic E-state index is -6.01. The summed E-state index contributed by atoms with van der Waals surface area (Å²) in [6.07, 6.45) is -6.01. The minimum Gasteiger partial charge on any atom is -0.320 e. The van der Waals surface area contributed by atoms with E-state index in [9.17, 15) is 31.1 Å². The van der Waals surface area contributed by atoms with E-state index in [-0.39, 0.29) is 10.0 Å². The number of carbonyl (C=O) groups is 1. The number of anilines is 1. The van der Waals surface area contributed by atoms with Crippen molar-refractivity contribution in [3.63, 3.8) is 0 Å². The molecule has 0 spiro atoms. The van der Waals surface area contributed by atoms with Crippen LogP contribution in [0.5, 0.6) is 0 Å². The van der Waals surface area contributed by atoms with E-state index in [0.717, 1.165) is 6.07 Å². The molecule has 1 aromatic carbocycles. The maximum absolute atomic E-state index is 13.1. The number of carbonyl (C=O) groups excluding carboxylic acids is 1. The van der Waals surface area contributed by atoms with Crippen LogP contribution in [0.3, 0.4) is 0 Å². The molecule has 2 nitrogen and oxygen atoms in total. The van der Waals surface area contributed by atoms with Crippen molar-refractivity contribution < 1.29 is 31.1 Å². The molecular formula is C10H6BrF6NO. The normalized spacial score (nSPS) is 12.4. The van der Waals surface area contributed by atoms with Gasteiger partial charge >= 0.3 is 18.0 Å². The summed E-state index contributed by atoms with van der Waals surface area (Å²) < 4.78 is 74.3. The van der Waals surface area contributed by atoms with Crippen LogP contribution in [0, 0.1) is 12.7 Å². The topological polar surface area (TPSA) is 29.1 Å². The van der Waals surface area contributed by atoms with Gasteiger partial charge in [0.25, 0.3) is 0 Å². The number of benzene rings is 1. The van der Waals surface area contributed by atoms with Crippen LogP contribution in [0.4, 0.5) is 32.0 Å². The highest BCUT2D eigenvalue weighted by Gasteiger charge is 2.63. The zero-order valence-electron chi connectivity index (χ0n) is 9.21. The second-order valence-electron chi connectivity index (χ2n) is 3.61. The van der Waals surface area contributed by atoms with Crippen molar-refractivity contribution in [1.82, 2.24) is 0 Å². The third-order valence-corrected chi connectivity index (χ3v) is 2.76. The van der Waals surface area contributed by atoms with Crippen molar-refractivity contribution in [3.05, 3.63) is 28.0 Å². The fourth-order valence-electron chi connectivity index (χ4n) is 1.11. The highest BCUT2D eigenvalue weighted by molar-refractivity contribution is 9.10. The molecule has 0 radical (unpaired) electrons. The zero-order chi connectivity index (χ0) is 15.0. The summed E-state index contributed by atoms with van der Waals surface area (Å²) in [5.74, 6) is -9.02. The number of hydrogen-bond donors (Lipinski definition) is 1. The molecular weight excluding hydrogens is 344 g/mol. The first-order valence-electron chi connectivity index (χ1n) is 4.68. The second-order valence-corrected chi connectivity index (χ2v) is 4.46. The van der Waals surface area contributed by atoms with E-state index in [1.54, 1.807) is 0 Å². The van der Waals surface area contributed by atoms with Crippen molar-refractivity contribution in [2.24, 2.45) is 0 Å². The monoisotopic (exact) mass is 349 g/mol. The smallest absolute Gasteiger partial charge is 0.320 e. The predicted octanol–water partition coefficient (Wildman–Crippen LogP) is 4.03. The summed E-state index contributed by atoms with van der Waals surface area (Å²) in [4.78, 5) is 10.9. The maximum atomic E-state index is 13.1. The van der Waals surface area contributed by atoms with E-state index >= 15 is 0 Å². The van der Waals surface area contributed by atoms with Gasteiger partial charge in [0, 0.05) is 5.69 Å². The van der Waals surface area contributed by atoms with Crippen LogP contribution in [-0.4, -0.2) is 18.0 Å². The van der Waals surface area contributed by atoms with E-state index in [1.807, 2.05) is 0 Å². The average molecular weight is 350 g/mol. The predicted molar refractivity (Wildman–Crippen MR) is 58.5 cm³/mol. The van der Waals surface area contributed by atoms with Gasteiger partial charge in [0.2, 0.25) is 0 Å². The molecule has 0 unspecified atom stereocenters. The highest BCUT2D eigenvalue weighted by Crippen LogP contribution is 2.36. The van der Waals surface area contributed by atoms with Gasteiger partial charge < -0.3 is 5.32 Å². The van der Waals surface area contributed by atoms with Gasteiger partial charge in [0.15, 0.2) is 0 Å². The van der Waals surface area contributed by atoms with E-state index in [2.05, 4.69) is 15.9 Å². The lowest BCUT2D eigenvalue weighted by Gasteiger charge is -2.19. The van der Waals surface area contributed by atoms with Crippen LogP contribution in [0.1, 0.15) is 5.56 Å². The number of amides is 1. The summed E-state index contributed by atoms with van der Waals surface area (Å²) in [6.45, 7) is 1.31. The molecule has 1 N–H and O–H groups in total. The lowest BCUT2D eigenvalue weighted by Crippen LogP contribution is -2.47. The second kappa shape index (κ2) is 5.03. The lowest BCUT2D eigenvalue weighted by atomic mass is 10.2. The Morgan fingerprint density at radius 1 is 1.21 bits per heavy atom. The molecule has 1 aromatic rings. The Balaban J connectivity index is 3.05. The average Bonchev–Trinajstić information content (AvgIpc) is 2.24. The van der Waals surface area contributed by atoms with Crippen molar-refractivity contribution in [2.45, 2.75) is 19.0 Å². The van der Waals surface area contributed by atoms with Gasteiger partial charge in [-0.15, -0.1) is 0 Å². The van der Waals surface area contributed by atoms with Gasteiger partial charge in [0.1, 0.15) is 5.82 Å². The maximum Gasteiger partial charge on any atom is 0.463 e. The number of rotatable bonds is 2. The van der Waals surface area contributed by atoms with Crippen LogP contribution < -0.4 is 5.32 Å². The SMILES string of the molecule is Cc1cc(Br)c(F)cc1NC(=O)C(F)(F)C(F)(F)F. The van der Waals surface area contributed by atoms with Gasteiger partial charge in [-0.2, -0.15) is 22.0 Å². The van der Waals surface area contributed by atoms with E-state index < -0.39 is 29.5 Å². The molecule has 0 aliphatic heterocycles. The molecule has 0 aromatic heterocycles. The Labute approximate surface area is 111 Å². The van der Waals surface area contributed by atoms with Crippen LogP contribution >= 0.6 is 15.9 Å². The Bertz CT molecular complexity index is 513. The first kappa shape index (κ1) is 15.8. The molecule has 0 bridgehead atoms. The molecule has 19 heavy (non-hydrogen) atoms. The van der Waals surface area contributed by atoms with E-state index in [4.69, 9.17) is 0 Å². The molecule has 0 heterocycles. The molecule has 1 amide bonds. The first-order chi connectivity index (χ1) is 8.46. The summed E-state index contributed by atoms with van der Waals surface area (Å²) in [7, 11) is 0. The van der Waals surface area contributed by atoms with Crippen molar-refractivity contribution in [3.8, 4) is 0 Å². The van der Waals surface area contributed by atoms with Gasteiger partial charge in [-0.3, -0.25) is 4.79 Å². The van der Waals surface area contributed by atoms with Crippen LogP contribution in [-0.2, 0) is 4.79 Å². The van der Waals surface area contributed by atoms with Gasteiger partial charge in [0.05, 0.1) is 4.47 Å². The van der Waals surface area contributed by atoms with Crippen molar-refractivity contribution in [1.29, 1.82) is 0 Å². The third kappa shape index (κ3) is 3.20. The van der Waals surface area contributed by atoms with Gasteiger partial charge in [-0.05, 0) is 40.5 Å². The molecule has 0 aliphatic carbocycles. The Morgan fingerprint density at radius 3 is 2.21 bits per heavy atom. The van der Waals surface area contributed by atoms with Crippen molar-refractivity contribution in [2.75, 3.05) is 5.32 Å². The van der Waals surface area contributed by atoms with Crippen LogP contribution in [0.15, 0.2) is 16.6 Å². The number of halogens is 7. The molecule has 0 saturated carbocycles. The summed E-state index contributed by atoms with van der Waals surface area (Å²) in [6, 6.07) is 1.78. The van der Waals surface area contributed by atoms with Crippen molar-refractivity contribution >= 4 is 27.5 Å². The molecule has 0 saturated heterocycles. The Hall–Kier alpha value is -1.25. The minimum absolute atomic E-state index is 0.00872. The third-order valence-electron chi connectivity index (χ3n) is 2.16. The van der Waals surface area contributed by atoms with E-state index in [1.165, 1.54) is 12.2 Å².